The first-order valence-electron chi connectivity index (χ1n) is 4.94. The summed E-state index contributed by atoms with van der Waals surface area (Å²) in [5.41, 5.74) is 1.18. The van der Waals surface area contributed by atoms with Crippen LogP contribution < -0.4 is 4.90 Å². The van der Waals surface area contributed by atoms with Gasteiger partial charge in [-0.3, -0.25) is 0 Å². The number of piperidine rings is 1. The van der Waals surface area contributed by atoms with Crippen LogP contribution in [0.4, 0.5) is 5.82 Å². The van der Waals surface area contributed by atoms with Gasteiger partial charge in [-0.05, 0) is 31.4 Å². The zero-order chi connectivity index (χ0) is 9.97. The average Bonchev–Trinajstić information content (AvgIpc) is 2.19. The van der Waals surface area contributed by atoms with Crippen LogP contribution in [0.3, 0.4) is 0 Å². The first-order chi connectivity index (χ1) is 6.75. The lowest BCUT2D eigenvalue weighted by Crippen LogP contribution is -2.34. The number of rotatable bonds is 1. The molecule has 2 rings (SSSR count). The maximum Gasteiger partial charge on any atom is 0.151 e. The van der Waals surface area contributed by atoms with Gasteiger partial charge in [-0.25, -0.2) is 0 Å². The molecule has 1 aromatic heterocycles. The molecule has 0 spiro atoms. The molecule has 1 aromatic rings. The van der Waals surface area contributed by atoms with Crippen molar-refractivity contribution in [1.82, 2.24) is 10.2 Å². The Balaban J connectivity index is 2.08. The average molecular weight is 256 g/mol. The van der Waals surface area contributed by atoms with Crippen LogP contribution >= 0.6 is 15.9 Å². The summed E-state index contributed by atoms with van der Waals surface area (Å²) in [5, 5.41) is 8.12. The van der Waals surface area contributed by atoms with E-state index in [9.17, 15) is 0 Å². The van der Waals surface area contributed by atoms with Crippen molar-refractivity contribution in [2.45, 2.75) is 24.6 Å². The van der Waals surface area contributed by atoms with E-state index in [2.05, 4.69) is 44.0 Å². The molecule has 0 aromatic carbocycles. The number of anilines is 1. The molecule has 0 aliphatic carbocycles. The maximum absolute atomic E-state index is 4.15. The quantitative estimate of drug-likeness (QED) is 0.721. The summed E-state index contributed by atoms with van der Waals surface area (Å²) in [7, 11) is 0. The number of nitrogens with zero attached hydrogens (tertiary/aromatic N) is 3. The first kappa shape index (κ1) is 9.90. The van der Waals surface area contributed by atoms with E-state index >= 15 is 0 Å². The number of aryl methyl sites for hydroxylation is 1. The zero-order valence-corrected chi connectivity index (χ0v) is 9.87. The maximum atomic E-state index is 4.15. The number of hydrogen-bond donors (Lipinski definition) is 0. The van der Waals surface area contributed by atoms with Crippen molar-refractivity contribution < 1.29 is 0 Å². The minimum Gasteiger partial charge on any atom is -0.355 e. The minimum atomic E-state index is 0.677. The molecule has 0 saturated carbocycles. The van der Waals surface area contributed by atoms with E-state index < -0.39 is 0 Å². The molecule has 0 bridgehead atoms. The Hall–Kier alpha value is -0.640. The van der Waals surface area contributed by atoms with Crippen LogP contribution in [0.1, 0.15) is 18.4 Å². The van der Waals surface area contributed by atoms with Crippen molar-refractivity contribution in [3.63, 3.8) is 0 Å². The molecule has 1 aliphatic heterocycles. The second-order valence-electron chi connectivity index (χ2n) is 3.75. The van der Waals surface area contributed by atoms with Gasteiger partial charge in [-0.2, -0.15) is 5.10 Å². The molecule has 14 heavy (non-hydrogen) atoms. The largest absolute Gasteiger partial charge is 0.355 e. The molecular formula is C10H14BrN3. The number of alkyl halides is 1. The lowest BCUT2D eigenvalue weighted by molar-refractivity contribution is 0.589. The summed E-state index contributed by atoms with van der Waals surface area (Å²) in [4.78, 5) is 2.98. The Morgan fingerprint density at radius 2 is 2.14 bits per heavy atom. The van der Waals surface area contributed by atoms with Gasteiger partial charge >= 0.3 is 0 Å². The van der Waals surface area contributed by atoms with Gasteiger partial charge in [0, 0.05) is 17.9 Å². The van der Waals surface area contributed by atoms with Crippen LogP contribution in [0.5, 0.6) is 0 Å². The summed E-state index contributed by atoms with van der Waals surface area (Å²) in [6, 6.07) is 2.10. The lowest BCUT2D eigenvalue weighted by Gasteiger charge is -2.30. The molecule has 1 saturated heterocycles. The Morgan fingerprint density at radius 3 is 2.79 bits per heavy atom. The van der Waals surface area contributed by atoms with Crippen molar-refractivity contribution in [3.05, 3.63) is 17.8 Å². The number of halogens is 1. The fraction of sp³-hybridized carbons (Fsp3) is 0.600. The molecule has 0 unspecified atom stereocenters. The van der Waals surface area contributed by atoms with Crippen LogP contribution in [-0.2, 0) is 0 Å². The molecule has 0 N–H and O–H groups in total. The highest BCUT2D eigenvalue weighted by molar-refractivity contribution is 9.09. The summed E-state index contributed by atoms with van der Waals surface area (Å²) in [5.74, 6) is 1.02. The van der Waals surface area contributed by atoms with Gasteiger partial charge in [0.25, 0.3) is 0 Å². The Morgan fingerprint density at radius 1 is 1.43 bits per heavy atom. The third-order valence-electron chi connectivity index (χ3n) is 2.53. The first-order valence-corrected chi connectivity index (χ1v) is 5.85. The second kappa shape index (κ2) is 4.26. The van der Waals surface area contributed by atoms with Gasteiger partial charge in [-0.1, -0.05) is 15.9 Å². The van der Waals surface area contributed by atoms with Gasteiger partial charge in [0.2, 0.25) is 0 Å². The van der Waals surface area contributed by atoms with Crippen molar-refractivity contribution in [2.24, 2.45) is 0 Å². The highest BCUT2D eigenvalue weighted by Crippen LogP contribution is 2.21. The lowest BCUT2D eigenvalue weighted by atomic mass is 10.1. The van der Waals surface area contributed by atoms with Crippen LogP contribution in [0.15, 0.2) is 12.3 Å². The van der Waals surface area contributed by atoms with Gasteiger partial charge in [-0.15, -0.1) is 5.10 Å². The van der Waals surface area contributed by atoms with Crippen molar-refractivity contribution in [3.8, 4) is 0 Å². The van der Waals surface area contributed by atoms with Crippen LogP contribution in [-0.4, -0.2) is 28.1 Å². The monoisotopic (exact) mass is 255 g/mol. The Bertz CT molecular complexity index is 308. The second-order valence-corrected chi connectivity index (χ2v) is 5.05. The van der Waals surface area contributed by atoms with Gasteiger partial charge < -0.3 is 4.90 Å². The van der Waals surface area contributed by atoms with Gasteiger partial charge in [0.1, 0.15) is 0 Å². The molecule has 3 nitrogen and oxygen atoms in total. The third-order valence-corrected chi connectivity index (χ3v) is 3.44. The summed E-state index contributed by atoms with van der Waals surface area (Å²) < 4.78 is 0. The minimum absolute atomic E-state index is 0.677. The van der Waals surface area contributed by atoms with Crippen LogP contribution in [0.2, 0.25) is 0 Å². The standard InChI is InChI=1S/C10H14BrN3/c1-8-6-10(13-12-7-8)14-4-2-9(11)3-5-14/h6-7,9H,2-5H2,1H3. The fourth-order valence-corrected chi connectivity index (χ4v) is 2.09. The SMILES string of the molecule is Cc1cnnc(N2CCC(Br)CC2)c1. The molecular weight excluding hydrogens is 242 g/mol. The van der Waals surface area contributed by atoms with Crippen molar-refractivity contribution in [2.75, 3.05) is 18.0 Å². The molecule has 4 heteroatoms. The Kier molecular flexibility index (Phi) is 3.01. The summed E-state index contributed by atoms with van der Waals surface area (Å²) in [6.07, 6.45) is 4.17. The van der Waals surface area contributed by atoms with Gasteiger partial charge in [0.15, 0.2) is 5.82 Å². The predicted molar refractivity (Wildman–Crippen MR) is 60.9 cm³/mol. The van der Waals surface area contributed by atoms with Crippen molar-refractivity contribution >= 4 is 21.7 Å². The smallest absolute Gasteiger partial charge is 0.151 e. The summed E-state index contributed by atoms with van der Waals surface area (Å²) in [6.45, 7) is 4.21. The molecule has 0 atom stereocenters. The van der Waals surface area contributed by atoms with E-state index in [0.29, 0.717) is 4.83 Å². The topological polar surface area (TPSA) is 29.0 Å². The van der Waals surface area contributed by atoms with E-state index in [0.717, 1.165) is 18.9 Å². The summed E-state index contributed by atoms with van der Waals surface area (Å²) >= 11 is 3.64. The van der Waals surface area contributed by atoms with Crippen LogP contribution in [0, 0.1) is 6.92 Å². The number of aromatic nitrogens is 2. The molecule has 0 radical (unpaired) electrons. The van der Waals surface area contributed by atoms with Crippen molar-refractivity contribution in [1.29, 1.82) is 0 Å². The number of hydrogen-bond acceptors (Lipinski definition) is 3. The highest BCUT2D eigenvalue weighted by Gasteiger charge is 2.17. The fourth-order valence-electron chi connectivity index (χ4n) is 1.68. The molecule has 0 amide bonds. The van der Waals surface area contributed by atoms with E-state index in [-0.39, 0.29) is 0 Å². The van der Waals surface area contributed by atoms with E-state index in [1.807, 2.05) is 0 Å². The normalized spacial score (nSPS) is 18.6. The zero-order valence-electron chi connectivity index (χ0n) is 8.28. The molecule has 2 heterocycles. The highest BCUT2D eigenvalue weighted by atomic mass is 79.9. The van der Waals surface area contributed by atoms with Gasteiger partial charge in [0.05, 0.1) is 6.20 Å². The van der Waals surface area contributed by atoms with E-state index in [1.54, 1.807) is 6.20 Å². The molecule has 1 fully saturated rings. The van der Waals surface area contributed by atoms with E-state index in [1.165, 1.54) is 18.4 Å². The van der Waals surface area contributed by atoms with Crippen LogP contribution in [0.25, 0.3) is 0 Å². The molecule has 76 valence electrons. The third kappa shape index (κ3) is 2.23. The Labute approximate surface area is 92.7 Å². The molecule has 1 aliphatic rings. The van der Waals surface area contributed by atoms with E-state index in [4.69, 9.17) is 0 Å². The predicted octanol–water partition coefficient (Wildman–Crippen LogP) is 2.15.